The summed E-state index contributed by atoms with van der Waals surface area (Å²) >= 11 is 0. The quantitative estimate of drug-likeness (QED) is 0.616. The number of aliphatic hydroxyl groups is 1. The molecule has 1 rings (SSSR count). The molecule has 92 valence electrons. The molecule has 0 aromatic heterocycles. The van der Waals surface area contributed by atoms with Crippen LogP contribution < -0.4 is 0 Å². The second-order valence-corrected chi connectivity index (χ2v) is 3.56. The third-order valence-electron chi connectivity index (χ3n) is 2.39. The molecule has 0 aliphatic rings. The molecule has 1 aromatic rings. The van der Waals surface area contributed by atoms with Gasteiger partial charge in [0, 0.05) is 19.2 Å². The molecule has 6 nitrogen and oxygen atoms in total. The van der Waals surface area contributed by atoms with Gasteiger partial charge in [0.25, 0.3) is 5.69 Å². The van der Waals surface area contributed by atoms with Crippen LogP contribution in [0.1, 0.15) is 18.6 Å². The maximum Gasteiger partial charge on any atom is 0.269 e. The molecular formula is C11H13NO5. The number of nitro groups is 1. The molecule has 1 aromatic carbocycles. The van der Waals surface area contributed by atoms with Gasteiger partial charge in [0.1, 0.15) is 12.2 Å². The Morgan fingerprint density at radius 3 is 2.29 bits per heavy atom. The molecule has 0 radical (unpaired) electrons. The molecule has 0 fully saturated rings. The molecular weight excluding hydrogens is 226 g/mol. The molecule has 0 aliphatic heterocycles. The molecule has 0 saturated carbocycles. The van der Waals surface area contributed by atoms with Gasteiger partial charge in [-0.25, -0.2) is 0 Å². The van der Waals surface area contributed by atoms with Crippen LogP contribution in [-0.2, 0) is 9.53 Å². The average molecular weight is 239 g/mol. The van der Waals surface area contributed by atoms with Crippen LogP contribution in [0.3, 0.4) is 0 Å². The van der Waals surface area contributed by atoms with E-state index in [1.807, 2.05) is 0 Å². The molecule has 2 atom stereocenters. The number of methoxy groups -OCH3 is 1. The van der Waals surface area contributed by atoms with E-state index in [9.17, 15) is 20.0 Å². The number of hydrogen-bond donors (Lipinski definition) is 1. The second-order valence-electron chi connectivity index (χ2n) is 3.56. The predicted octanol–water partition coefficient (Wildman–Crippen LogP) is 1.23. The first-order valence-electron chi connectivity index (χ1n) is 4.93. The van der Waals surface area contributed by atoms with Crippen LogP contribution in [0.25, 0.3) is 0 Å². The number of carbonyl (C=O) groups is 1. The highest BCUT2D eigenvalue weighted by atomic mass is 16.6. The Hall–Kier alpha value is -1.79. The maximum absolute atomic E-state index is 11.2. The van der Waals surface area contributed by atoms with E-state index in [2.05, 4.69) is 0 Å². The van der Waals surface area contributed by atoms with Crippen molar-refractivity contribution >= 4 is 11.5 Å². The van der Waals surface area contributed by atoms with Gasteiger partial charge in [0.05, 0.1) is 4.92 Å². The van der Waals surface area contributed by atoms with Crippen LogP contribution in [0.2, 0.25) is 0 Å². The van der Waals surface area contributed by atoms with Crippen LogP contribution >= 0.6 is 0 Å². The van der Waals surface area contributed by atoms with Crippen LogP contribution in [0.5, 0.6) is 0 Å². The molecule has 0 heterocycles. The minimum atomic E-state index is -1.13. The summed E-state index contributed by atoms with van der Waals surface area (Å²) in [7, 11) is 1.32. The summed E-state index contributed by atoms with van der Waals surface area (Å²) in [5, 5.41) is 20.3. The van der Waals surface area contributed by atoms with Crippen molar-refractivity contribution in [2.24, 2.45) is 0 Å². The lowest BCUT2D eigenvalue weighted by molar-refractivity contribution is -0.384. The number of aliphatic hydroxyl groups excluding tert-OH is 1. The zero-order valence-electron chi connectivity index (χ0n) is 9.49. The number of rotatable bonds is 5. The van der Waals surface area contributed by atoms with Crippen LogP contribution in [0.4, 0.5) is 5.69 Å². The number of carbonyl (C=O) groups excluding carboxylic acids is 1. The smallest absolute Gasteiger partial charge is 0.269 e. The van der Waals surface area contributed by atoms with Gasteiger partial charge in [-0.3, -0.25) is 14.9 Å². The van der Waals surface area contributed by atoms with Gasteiger partial charge in [-0.1, -0.05) is 0 Å². The second kappa shape index (κ2) is 5.51. The number of Topliss-reactive ketones (excluding diaryl/α,β-unsaturated/α-hetero) is 1. The lowest BCUT2D eigenvalue weighted by Crippen LogP contribution is -2.28. The van der Waals surface area contributed by atoms with E-state index in [1.165, 1.54) is 38.3 Å². The average Bonchev–Trinajstić information content (AvgIpc) is 2.29. The molecule has 0 aliphatic carbocycles. The van der Waals surface area contributed by atoms with Crippen molar-refractivity contribution in [3.8, 4) is 0 Å². The minimum Gasteiger partial charge on any atom is -0.385 e. The largest absolute Gasteiger partial charge is 0.385 e. The van der Waals surface area contributed by atoms with Crippen molar-refractivity contribution in [3.05, 3.63) is 39.9 Å². The molecule has 0 amide bonds. The third-order valence-corrected chi connectivity index (χ3v) is 2.39. The first-order valence-corrected chi connectivity index (χ1v) is 4.93. The van der Waals surface area contributed by atoms with Gasteiger partial charge in [-0.15, -0.1) is 0 Å². The van der Waals surface area contributed by atoms with Crippen molar-refractivity contribution in [2.75, 3.05) is 7.11 Å². The highest BCUT2D eigenvalue weighted by molar-refractivity contribution is 5.81. The molecule has 0 bridgehead atoms. The Morgan fingerprint density at radius 1 is 1.41 bits per heavy atom. The Morgan fingerprint density at radius 2 is 1.94 bits per heavy atom. The fourth-order valence-corrected chi connectivity index (χ4v) is 1.49. The number of non-ortho nitro benzene ring substituents is 1. The Bertz CT molecular complexity index is 414. The van der Waals surface area contributed by atoms with Crippen molar-refractivity contribution in [3.63, 3.8) is 0 Å². The fraction of sp³-hybridized carbons (Fsp3) is 0.364. The Balaban J connectivity index is 2.92. The van der Waals surface area contributed by atoms with E-state index in [4.69, 9.17) is 4.74 Å². The van der Waals surface area contributed by atoms with Gasteiger partial charge in [-0.05, 0) is 24.6 Å². The SMILES string of the molecule is CO[C@@H](C(C)=O)[C@H](O)c1ccc([N+](=O)[O-])cc1. The summed E-state index contributed by atoms with van der Waals surface area (Å²) in [6, 6.07) is 5.34. The van der Waals surface area contributed by atoms with Crippen molar-refractivity contribution in [1.29, 1.82) is 0 Å². The summed E-state index contributed by atoms with van der Waals surface area (Å²) < 4.78 is 4.87. The lowest BCUT2D eigenvalue weighted by Gasteiger charge is -2.19. The number of benzene rings is 1. The highest BCUT2D eigenvalue weighted by Crippen LogP contribution is 2.22. The molecule has 1 N–H and O–H groups in total. The number of ether oxygens (including phenoxy) is 1. The van der Waals surface area contributed by atoms with Crippen molar-refractivity contribution in [1.82, 2.24) is 0 Å². The molecule has 0 unspecified atom stereocenters. The summed E-state index contributed by atoms with van der Waals surface area (Å²) in [5.74, 6) is -0.307. The van der Waals surface area contributed by atoms with E-state index in [0.717, 1.165) is 0 Å². The van der Waals surface area contributed by atoms with Crippen molar-refractivity contribution < 1.29 is 19.6 Å². The third kappa shape index (κ3) is 3.08. The van der Waals surface area contributed by atoms with Gasteiger partial charge >= 0.3 is 0 Å². The number of ketones is 1. The Labute approximate surface area is 98.0 Å². The van der Waals surface area contributed by atoms with Gasteiger partial charge in [-0.2, -0.15) is 0 Å². The van der Waals surface area contributed by atoms with Gasteiger partial charge in [0.2, 0.25) is 0 Å². The summed E-state index contributed by atoms with van der Waals surface area (Å²) in [5.41, 5.74) is 0.329. The predicted molar refractivity (Wildman–Crippen MR) is 59.5 cm³/mol. The summed E-state index contributed by atoms with van der Waals surface area (Å²) in [6.45, 7) is 1.31. The number of nitrogens with zero attached hydrogens (tertiary/aromatic N) is 1. The lowest BCUT2D eigenvalue weighted by atomic mass is 10.0. The first-order chi connectivity index (χ1) is 7.97. The normalized spacial score (nSPS) is 14.1. The highest BCUT2D eigenvalue weighted by Gasteiger charge is 2.25. The van der Waals surface area contributed by atoms with E-state index >= 15 is 0 Å². The molecule has 0 saturated heterocycles. The van der Waals surface area contributed by atoms with Crippen molar-refractivity contribution in [2.45, 2.75) is 19.1 Å². The topological polar surface area (TPSA) is 89.7 Å². The van der Waals surface area contributed by atoms with Crippen LogP contribution in [0, 0.1) is 10.1 Å². The Kier molecular flexibility index (Phi) is 4.30. The monoisotopic (exact) mass is 239 g/mol. The zero-order valence-corrected chi connectivity index (χ0v) is 9.49. The van der Waals surface area contributed by atoms with E-state index in [0.29, 0.717) is 5.56 Å². The fourth-order valence-electron chi connectivity index (χ4n) is 1.49. The van der Waals surface area contributed by atoms with E-state index < -0.39 is 17.1 Å². The molecule has 17 heavy (non-hydrogen) atoms. The first kappa shape index (κ1) is 13.3. The van der Waals surface area contributed by atoms with Crippen LogP contribution in [-0.4, -0.2) is 29.0 Å². The summed E-state index contributed by atoms with van der Waals surface area (Å²) in [4.78, 5) is 21.1. The number of nitro benzene ring substituents is 1. The van der Waals surface area contributed by atoms with E-state index in [1.54, 1.807) is 0 Å². The van der Waals surface area contributed by atoms with Gasteiger partial charge < -0.3 is 9.84 Å². The van der Waals surface area contributed by atoms with Gasteiger partial charge in [0.15, 0.2) is 5.78 Å². The minimum absolute atomic E-state index is 0.0715. The standard InChI is InChI=1S/C11H13NO5/c1-7(13)11(17-2)10(14)8-3-5-9(6-4-8)12(15)16/h3-6,10-11,14H,1-2H3/t10-,11+/m1/s1. The maximum atomic E-state index is 11.2. The zero-order chi connectivity index (χ0) is 13.0. The number of hydrogen-bond acceptors (Lipinski definition) is 5. The van der Waals surface area contributed by atoms with E-state index in [-0.39, 0.29) is 11.5 Å². The molecule has 0 spiro atoms. The molecule has 6 heteroatoms. The summed E-state index contributed by atoms with van der Waals surface area (Å²) in [6.07, 6.45) is -2.09. The van der Waals surface area contributed by atoms with Crippen LogP contribution in [0.15, 0.2) is 24.3 Å².